The standard InChI is InChI=1S/C6H12O2/c1-4-7-8-5-6(2)3/h5H,4H2,1-3H3. The average molecular weight is 116 g/mol. The van der Waals surface area contributed by atoms with Crippen LogP contribution in [0.15, 0.2) is 11.8 Å². The van der Waals surface area contributed by atoms with Crippen molar-refractivity contribution in [1.82, 2.24) is 0 Å². The molecule has 0 amide bonds. The van der Waals surface area contributed by atoms with E-state index in [-0.39, 0.29) is 0 Å². The van der Waals surface area contributed by atoms with Crippen LogP contribution in [-0.2, 0) is 9.78 Å². The van der Waals surface area contributed by atoms with E-state index < -0.39 is 0 Å². The lowest BCUT2D eigenvalue weighted by Crippen LogP contribution is -1.85. The Balaban J connectivity index is 3.03. The van der Waals surface area contributed by atoms with Crippen LogP contribution in [0.4, 0.5) is 0 Å². The molecular formula is C6H12O2. The molecule has 0 aliphatic heterocycles. The first kappa shape index (κ1) is 7.50. The van der Waals surface area contributed by atoms with Gasteiger partial charge < -0.3 is 4.89 Å². The van der Waals surface area contributed by atoms with E-state index in [0.717, 1.165) is 5.57 Å². The predicted molar refractivity (Wildman–Crippen MR) is 32.1 cm³/mol. The lowest BCUT2D eigenvalue weighted by atomic mass is 10.4. The van der Waals surface area contributed by atoms with E-state index in [2.05, 4.69) is 9.78 Å². The van der Waals surface area contributed by atoms with Crippen LogP contribution in [0.25, 0.3) is 0 Å². The van der Waals surface area contributed by atoms with Gasteiger partial charge in [-0.25, -0.2) is 0 Å². The van der Waals surface area contributed by atoms with Gasteiger partial charge in [-0.15, -0.1) is 0 Å². The maximum Gasteiger partial charge on any atom is 0.128 e. The number of hydrogen-bond acceptors (Lipinski definition) is 2. The van der Waals surface area contributed by atoms with Gasteiger partial charge in [0.2, 0.25) is 0 Å². The summed E-state index contributed by atoms with van der Waals surface area (Å²) in [7, 11) is 0. The van der Waals surface area contributed by atoms with Gasteiger partial charge in [0.25, 0.3) is 0 Å². The molecule has 0 unspecified atom stereocenters. The van der Waals surface area contributed by atoms with Crippen molar-refractivity contribution in [2.75, 3.05) is 6.61 Å². The molecule has 0 aliphatic carbocycles. The van der Waals surface area contributed by atoms with Crippen molar-refractivity contribution in [2.24, 2.45) is 0 Å². The SMILES string of the molecule is CCOOC=C(C)C. The Morgan fingerprint density at radius 3 is 2.50 bits per heavy atom. The topological polar surface area (TPSA) is 18.5 Å². The summed E-state index contributed by atoms with van der Waals surface area (Å²) in [5.74, 6) is 0. The highest BCUT2D eigenvalue weighted by Crippen LogP contribution is 1.88. The molecule has 0 heterocycles. The van der Waals surface area contributed by atoms with Crippen molar-refractivity contribution in [3.05, 3.63) is 11.8 Å². The second-order valence-corrected chi connectivity index (χ2v) is 1.70. The first-order valence-corrected chi connectivity index (χ1v) is 2.69. The lowest BCUT2D eigenvalue weighted by molar-refractivity contribution is -0.245. The molecule has 0 bridgehead atoms. The van der Waals surface area contributed by atoms with Crippen molar-refractivity contribution in [3.8, 4) is 0 Å². The quantitative estimate of drug-likeness (QED) is 0.242. The highest BCUT2D eigenvalue weighted by molar-refractivity contribution is 4.85. The second-order valence-electron chi connectivity index (χ2n) is 1.70. The van der Waals surface area contributed by atoms with Gasteiger partial charge in [-0.2, -0.15) is 4.89 Å². The Morgan fingerprint density at radius 1 is 1.50 bits per heavy atom. The Bertz CT molecular complexity index is 72.6. The van der Waals surface area contributed by atoms with Crippen LogP contribution >= 0.6 is 0 Å². The third-order valence-corrected chi connectivity index (χ3v) is 0.470. The third kappa shape index (κ3) is 5.50. The molecule has 0 atom stereocenters. The zero-order valence-electron chi connectivity index (χ0n) is 5.60. The van der Waals surface area contributed by atoms with Gasteiger partial charge in [-0.3, -0.25) is 0 Å². The van der Waals surface area contributed by atoms with E-state index >= 15 is 0 Å². The summed E-state index contributed by atoms with van der Waals surface area (Å²) in [6.45, 7) is 6.35. The van der Waals surface area contributed by atoms with Gasteiger partial charge in [-0.1, -0.05) is 0 Å². The Kier molecular flexibility index (Phi) is 4.36. The Labute approximate surface area is 50.0 Å². The summed E-state index contributed by atoms with van der Waals surface area (Å²) in [5.41, 5.74) is 1.10. The molecule has 2 nitrogen and oxygen atoms in total. The fourth-order valence-electron chi connectivity index (χ4n) is 0.198. The summed E-state index contributed by atoms with van der Waals surface area (Å²) in [6.07, 6.45) is 1.57. The number of rotatable bonds is 3. The predicted octanol–water partition coefficient (Wildman–Crippen LogP) is 1.88. The van der Waals surface area contributed by atoms with Crippen molar-refractivity contribution in [2.45, 2.75) is 20.8 Å². The van der Waals surface area contributed by atoms with Gasteiger partial charge in [-0.05, 0) is 26.3 Å². The second kappa shape index (κ2) is 4.65. The molecule has 0 spiro atoms. The highest BCUT2D eigenvalue weighted by atomic mass is 17.2. The van der Waals surface area contributed by atoms with Crippen LogP contribution in [0.3, 0.4) is 0 Å². The number of allylic oxidation sites excluding steroid dienone is 1. The molecule has 0 aliphatic rings. The highest BCUT2D eigenvalue weighted by Gasteiger charge is 1.76. The maximum atomic E-state index is 4.58. The van der Waals surface area contributed by atoms with Gasteiger partial charge in [0.05, 0.1) is 6.61 Å². The van der Waals surface area contributed by atoms with Crippen LogP contribution in [0.1, 0.15) is 20.8 Å². The normalized spacial score (nSPS) is 8.38. The van der Waals surface area contributed by atoms with Gasteiger partial charge in [0, 0.05) is 0 Å². The van der Waals surface area contributed by atoms with E-state index in [0.29, 0.717) is 6.61 Å². The molecule has 48 valence electrons. The fraction of sp³-hybridized carbons (Fsp3) is 0.667. The molecule has 0 rings (SSSR count). The van der Waals surface area contributed by atoms with Crippen molar-refractivity contribution >= 4 is 0 Å². The monoisotopic (exact) mass is 116 g/mol. The van der Waals surface area contributed by atoms with Crippen molar-refractivity contribution in [3.63, 3.8) is 0 Å². The van der Waals surface area contributed by atoms with Crippen molar-refractivity contribution in [1.29, 1.82) is 0 Å². The number of hydrogen-bond donors (Lipinski definition) is 0. The van der Waals surface area contributed by atoms with Gasteiger partial charge in [0.1, 0.15) is 6.26 Å². The summed E-state index contributed by atoms with van der Waals surface area (Å²) >= 11 is 0. The minimum absolute atomic E-state index is 0.587. The average Bonchev–Trinajstić information content (AvgIpc) is 1.66. The van der Waals surface area contributed by atoms with Crippen molar-refractivity contribution < 1.29 is 9.78 Å². The molecule has 0 saturated carbocycles. The summed E-state index contributed by atoms with van der Waals surface area (Å²) in [5, 5.41) is 0. The smallest absolute Gasteiger partial charge is 0.128 e. The molecule has 0 aromatic carbocycles. The van der Waals surface area contributed by atoms with Crippen LogP contribution in [0.2, 0.25) is 0 Å². The molecular weight excluding hydrogens is 104 g/mol. The van der Waals surface area contributed by atoms with Crippen LogP contribution in [0.5, 0.6) is 0 Å². The third-order valence-electron chi connectivity index (χ3n) is 0.470. The van der Waals surface area contributed by atoms with E-state index in [9.17, 15) is 0 Å². The summed E-state index contributed by atoms with van der Waals surface area (Å²) < 4.78 is 0. The molecule has 2 heteroatoms. The van der Waals surface area contributed by atoms with Gasteiger partial charge in [0.15, 0.2) is 0 Å². The minimum Gasteiger partial charge on any atom is -0.346 e. The first-order valence-electron chi connectivity index (χ1n) is 2.69. The minimum atomic E-state index is 0.587. The zero-order valence-corrected chi connectivity index (χ0v) is 5.60. The molecule has 8 heavy (non-hydrogen) atoms. The van der Waals surface area contributed by atoms with E-state index in [4.69, 9.17) is 0 Å². The van der Waals surface area contributed by atoms with Crippen LogP contribution in [-0.4, -0.2) is 6.61 Å². The first-order chi connectivity index (χ1) is 3.77. The van der Waals surface area contributed by atoms with E-state index in [1.165, 1.54) is 0 Å². The zero-order chi connectivity index (χ0) is 6.41. The van der Waals surface area contributed by atoms with Crippen LogP contribution < -0.4 is 0 Å². The van der Waals surface area contributed by atoms with Gasteiger partial charge >= 0.3 is 0 Å². The molecule has 0 aromatic rings. The largest absolute Gasteiger partial charge is 0.346 e. The molecule has 0 N–H and O–H groups in total. The summed E-state index contributed by atoms with van der Waals surface area (Å²) in [6, 6.07) is 0. The fourth-order valence-corrected chi connectivity index (χ4v) is 0.198. The Hall–Kier alpha value is -0.500. The lowest BCUT2D eigenvalue weighted by Gasteiger charge is -1.94. The Morgan fingerprint density at radius 2 is 2.12 bits per heavy atom. The maximum absolute atomic E-state index is 4.58. The van der Waals surface area contributed by atoms with E-state index in [1.54, 1.807) is 6.26 Å². The molecule has 0 fully saturated rings. The molecule has 0 aromatic heterocycles. The van der Waals surface area contributed by atoms with E-state index in [1.807, 2.05) is 20.8 Å². The summed E-state index contributed by atoms with van der Waals surface area (Å²) in [4.78, 5) is 9.15. The molecule has 0 radical (unpaired) electrons. The molecule has 0 saturated heterocycles. The van der Waals surface area contributed by atoms with Crippen LogP contribution in [0, 0.1) is 0 Å².